The molecule has 1 N–H and O–H groups in total. The summed E-state index contributed by atoms with van der Waals surface area (Å²) in [6.45, 7) is 2.71. The highest BCUT2D eigenvalue weighted by Gasteiger charge is 2.20. The van der Waals surface area contributed by atoms with Crippen LogP contribution in [0.3, 0.4) is 0 Å². The summed E-state index contributed by atoms with van der Waals surface area (Å²) in [6, 6.07) is 9.26. The number of anilines is 1. The predicted molar refractivity (Wildman–Crippen MR) is 110 cm³/mol. The molecule has 1 heterocycles. The van der Waals surface area contributed by atoms with E-state index in [0.717, 1.165) is 35.6 Å². The van der Waals surface area contributed by atoms with Crippen molar-refractivity contribution < 1.29 is 9.53 Å². The quantitative estimate of drug-likeness (QED) is 0.530. The minimum atomic E-state index is -0.472. The van der Waals surface area contributed by atoms with E-state index >= 15 is 0 Å². The Bertz CT molecular complexity index is 861. The molecule has 0 unspecified atom stereocenters. The SMILES string of the molecule is CCCOc1ccc(/C=C(\C#N)C(=O)Nc2nnc(C3CCCCC3)s2)cc1. The van der Waals surface area contributed by atoms with Crippen LogP contribution >= 0.6 is 11.3 Å². The van der Waals surface area contributed by atoms with Gasteiger partial charge in [-0.05, 0) is 43.0 Å². The number of benzene rings is 1. The van der Waals surface area contributed by atoms with Crippen LogP contribution in [0.4, 0.5) is 5.13 Å². The summed E-state index contributed by atoms with van der Waals surface area (Å²) in [5, 5.41) is 21.8. The highest BCUT2D eigenvalue weighted by molar-refractivity contribution is 7.15. The first-order valence-corrected chi connectivity index (χ1v) is 10.5. The van der Waals surface area contributed by atoms with Gasteiger partial charge >= 0.3 is 0 Å². The number of hydrogen-bond acceptors (Lipinski definition) is 6. The summed E-state index contributed by atoms with van der Waals surface area (Å²) in [6.07, 6.45) is 8.47. The molecule has 1 aromatic heterocycles. The van der Waals surface area contributed by atoms with E-state index in [9.17, 15) is 10.1 Å². The molecule has 1 aliphatic carbocycles. The van der Waals surface area contributed by atoms with E-state index < -0.39 is 5.91 Å². The summed E-state index contributed by atoms with van der Waals surface area (Å²) in [5.41, 5.74) is 0.785. The summed E-state index contributed by atoms with van der Waals surface area (Å²) < 4.78 is 5.54. The maximum absolute atomic E-state index is 12.5. The first-order chi connectivity index (χ1) is 13.7. The van der Waals surface area contributed by atoms with Gasteiger partial charge in [-0.15, -0.1) is 10.2 Å². The minimum absolute atomic E-state index is 0.0247. The van der Waals surface area contributed by atoms with Crippen LogP contribution in [0.1, 0.15) is 61.9 Å². The van der Waals surface area contributed by atoms with E-state index in [4.69, 9.17) is 4.74 Å². The number of ether oxygens (including phenoxy) is 1. The molecule has 146 valence electrons. The lowest BCUT2D eigenvalue weighted by Gasteiger charge is -2.18. The number of nitrogens with zero attached hydrogens (tertiary/aromatic N) is 3. The monoisotopic (exact) mass is 396 g/mol. The van der Waals surface area contributed by atoms with E-state index in [1.807, 2.05) is 37.3 Å². The lowest BCUT2D eigenvalue weighted by Crippen LogP contribution is -2.13. The van der Waals surface area contributed by atoms with Gasteiger partial charge in [0.2, 0.25) is 5.13 Å². The predicted octanol–water partition coefficient (Wildman–Crippen LogP) is 4.92. The van der Waals surface area contributed by atoms with Gasteiger partial charge in [-0.2, -0.15) is 5.26 Å². The van der Waals surface area contributed by atoms with E-state index in [1.54, 1.807) is 6.08 Å². The number of carbonyl (C=O) groups excluding carboxylic acids is 1. The molecule has 7 heteroatoms. The molecule has 1 aromatic carbocycles. The number of amides is 1. The van der Waals surface area contributed by atoms with Crippen LogP contribution in [0, 0.1) is 11.3 Å². The molecule has 1 amide bonds. The Kier molecular flexibility index (Phi) is 7.15. The Hall–Kier alpha value is -2.72. The van der Waals surface area contributed by atoms with Crippen LogP contribution in [0.5, 0.6) is 5.75 Å². The van der Waals surface area contributed by atoms with Gasteiger partial charge in [0.05, 0.1) is 6.61 Å². The van der Waals surface area contributed by atoms with Gasteiger partial charge in [0.1, 0.15) is 22.4 Å². The van der Waals surface area contributed by atoms with Crippen molar-refractivity contribution in [2.45, 2.75) is 51.4 Å². The lowest BCUT2D eigenvalue weighted by molar-refractivity contribution is -0.112. The van der Waals surface area contributed by atoms with E-state index in [-0.39, 0.29) is 5.57 Å². The summed E-state index contributed by atoms with van der Waals surface area (Å²) in [4.78, 5) is 12.5. The fourth-order valence-electron chi connectivity index (χ4n) is 3.16. The largest absolute Gasteiger partial charge is 0.494 e. The van der Waals surface area contributed by atoms with E-state index in [2.05, 4.69) is 15.5 Å². The Balaban J connectivity index is 1.64. The highest BCUT2D eigenvalue weighted by atomic mass is 32.1. The van der Waals surface area contributed by atoms with Crippen LogP contribution in [0.2, 0.25) is 0 Å². The second-order valence-electron chi connectivity index (χ2n) is 6.82. The normalized spacial score (nSPS) is 15.1. The molecule has 6 nitrogen and oxygen atoms in total. The van der Waals surface area contributed by atoms with Crippen molar-refractivity contribution in [1.29, 1.82) is 5.26 Å². The second-order valence-corrected chi connectivity index (χ2v) is 7.83. The van der Waals surface area contributed by atoms with Crippen molar-refractivity contribution in [2.24, 2.45) is 0 Å². The number of hydrogen-bond donors (Lipinski definition) is 1. The molecule has 0 aliphatic heterocycles. The molecule has 1 fully saturated rings. The molecule has 1 saturated carbocycles. The van der Waals surface area contributed by atoms with Gasteiger partial charge in [-0.1, -0.05) is 49.7 Å². The van der Waals surface area contributed by atoms with Crippen molar-refractivity contribution in [1.82, 2.24) is 10.2 Å². The van der Waals surface area contributed by atoms with Gasteiger partial charge in [-0.3, -0.25) is 10.1 Å². The van der Waals surface area contributed by atoms with Crippen LogP contribution in [0.25, 0.3) is 6.08 Å². The summed E-state index contributed by atoms with van der Waals surface area (Å²) in [5.74, 6) is 0.738. The topological polar surface area (TPSA) is 87.9 Å². The molecule has 0 bridgehead atoms. The number of aromatic nitrogens is 2. The number of rotatable bonds is 7. The van der Waals surface area contributed by atoms with E-state index in [1.165, 1.54) is 30.6 Å². The van der Waals surface area contributed by atoms with Gasteiger partial charge in [0.25, 0.3) is 5.91 Å². The van der Waals surface area contributed by atoms with Crippen molar-refractivity contribution in [3.63, 3.8) is 0 Å². The zero-order valence-corrected chi connectivity index (χ0v) is 16.8. The molecule has 0 spiro atoms. The maximum Gasteiger partial charge on any atom is 0.268 e. The average Bonchev–Trinajstić information content (AvgIpc) is 3.20. The smallest absolute Gasteiger partial charge is 0.268 e. The maximum atomic E-state index is 12.5. The van der Waals surface area contributed by atoms with E-state index in [0.29, 0.717) is 17.7 Å². The second kappa shape index (κ2) is 10.00. The first kappa shape index (κ1) is 20.0. The van der Waals surface area contributed by atoms with Gasteiger partial charge in [-0.25, -0.2) is 0 Å². The standard InChI is InChI=1S/C21H24N4O2S/c1-2-12-27-18-10-8-15(9-11-18)13-17(14-22)19(26)23-21-25-24-20(28-21)16-6-4-3-5-7-16/h8-11,13,16H,2-7,12H2,1H3,(H,23,25,26)/b17-13+. The molecular weight excluding hydrogens is 372 g/mol. The third-order valence-electron chi connectivity index (χ3n) is 4.64. The van der Waals surface area contributed by atoms with Gasteiger partial charge in [0.15, 0.2) is 0 Å². The molecule has 0 saturated heterocycles. The van der Waals surface area contributed by atoms with Crippen molar-refractivity contribution in [3.05, 3.63) is 40.4 Å². The van der Waals surface area contributed by atoms with Crippen LogP contribution in [0.15, 0.2) is 29.8 Å². The average molecular weight is 397 g/mol. The zero-order chi connectivity index (χ0) is 19.8. The minimum Gasteiger partial charge on any atom is -0.494 e. The Morgan fingerprint density at radius 3 is 2.71 bits per heavy atom. The first-order valence-electron chi connectivity index (χ1n) is 9.69. The Morgan fingerprint density at radius 2 is 2.04 bits per heavy atom. The fourth-order valence-corrected chi connectivity index (χ4v) is 4.07. The molecule has 2 aromatic rings. The lowest BCUT2D eigenvalue weighted by atomic mass is 9.90. The van der Waals surface area contributed by atoms with Gasteiger partial charge in [0, 0.05) is 5.92 Å². The van der Waals surface area contributed by atoms with Crippen LogP contribution in [-0.4, -0.2) is 22.7 Å². The van der Waals surface area contributed by atoms with Crippen molar-refractivity contribution >= 4 is 28.5 Å². The van der Waals surface area contributed by atoms with Crippen LogP contribution < -0.4 is 10.1 Å². The molecular formula is C21H24N4O2S. The fraction of sp³-hybridized carbons (Fsp3) is 0.429. The Labute approximate surface area is 169 Å². The third kappa shape index (κ3) is 5.40. The van der Waals surface area contributed by atoms with Crippen molar-refractivity contribution in [2.75, 3.05) is 11.9 Å². The molecule has 1 aliphatic rings. The molecule has 0 atom stereocenters. The summed E-state index contributed by atoms with van der Waals surface area (Å²) >= 11 is 1.40. The van der Waals surface area contributed by atoms with Gasteiger partial charge < -0.3 is 4.74 Å². The number of carbonyl (C=O) groups is 1. The number of nitrogens with one attached hydrogen (secondary N) is 1. The van der Waals surface area contributed by atoms with Crippen molar-refractivity contribution in [3.8, 4) is 11.8 Å². The molecule has 0 radical (unpaired) electrons. The summed E-state index contributed by atoms with van der Waals surface area (Å²) in [7, 11) is 0. The third-order valence-corrected chi connectivity index (χ3v) is 5.65. The zero-order valence-electron chi connectivity index (χ0n) is 16.0. The molecule has 28 heavy (non-hydrogen) atoms. The number of nitriles is 1. The highest BCUT2D eigenvalue weighted by Crippen LogP contribution is 2.35. The van der Waals surface area contributed by atoms with Crippen LogP contribution in [-0.2, 0) is 4.79 Å². The molecule has 3 rings (SSSR count). The Morgan fingerprint density at radius 1 is 1.29 bits per heavy atom.